The molecule has 120 valence electrons. The van der Waals surface area contributed by atoms with Crippen molar-refractivity contribution in [2.24, 2.45) is 0 Å². The van der Waals surface area contributed by atoms with E-state index in [2.05, 4.69) is 5.32 Å². The lowest BCUT2D eigenvalue weighted by atomic mass is 9.89. The fourth-order valence-corrected chi connectivity index (χ4v) is 4.32. The fourth-order valence-electron chi connectivity index (χ4n) is 3.03. The van der Waals surface area contributed by atoms with E-state index >= 15 is 0 Å². The maximum absolute atomic E-state index is 13.2. The molecule has 0 spiro atoms. The summed E-state index contributed by atoms with van der Waals surface area (Å²) in [6, 6.07) is 13.9. The maximum atomic E-state index is 13.2. The molecule has 0 fully saturated rings. The Morgan fingerprint density at radius 2 is 1.79 bits per heavy atom. The molecule has 2 aromatic carbocycles. The van der Waals surface area contributed by atoms with Crippen molar-refractivity contribution in [1.82, 2.24) is 0 Å². The molecule has 1 amide bonds. The Morgan fingerprint density at radius 3 is 2.50 bits per heavy atom. The summed E-state index contributed by atoms with van der Waals surface area (Å²) in [4.78, 5) is 13.3. The van der Waals surface area contributed by atoms with Crippen LogP contribution in [0.15, 0.2) is 53.9 Å². The highest BCUT2D eigenvalue weighted by Gasteiger charge is 2.30. The number of rotatable bonds is 2. The van der Waals surface area contributed by atoms with E-state index in [0.29, 0.717) is 11.4 Å². The molecule has 24 heavy (non-hydrogen) atoms. The molecule has 1 atom stereocenters. The van der Waals surface area contributed by atoms with E-state index in [1.165, 1.54) is 12.1 Å². The molecule has 2 heterocycles. The first-order valence-electron chi connectivity index (χ1n) is 7.54. The van der Waals surface area contributed by atoms with Gasteiger partial charge >= 0.3 is 0 Å². The van der Waals surface area contributed by atoms with Crippen LogP contribution in [0.3, 0.4) is 0 Å². The number of fused-ring (bicyclic) bond motifs is 1. The van der Waals surface area contributed by atoms with Crippen LogP contribution in [-0.4, -0.2) is 5.91 Å². The summed E-state index contributed by atoms with van der Waals surface area (Å²) in [7, 11) is 0. The first kappa shape index (κ1) is 15.4. The van der Waals surface area contributed by atoms with E-state index in [4.69, 9.17) is 11.6 Å². The van der Waals surface area contributed by atoms with Crippen LogP contribution in [0.4, 0.5) is 10.1 Å². The van der Waals surface area contributed by atoms with Crippen molar-refractivity contribution >= 4 is 34.5 Å². The smallest absolute Gasteiger partial charge is 0.225 e. The van der Waals surface area contributed by atoms with Gasteiger partial charge in [-0.25, -0.2) is 4.39 Å². The summed E-state index contributed by atoms with van der Waals surface area (Å²) >= 11 is 7.59. The van der Waals surface area contributed by atoms with Gasteiger partial charge in [-0.2, -0.15) is 0 Å². The van der Waals surface area contributed by atoms with Gasteiger partial charge in [0.1, 0.15) is 5.82 Å². The minimum atomic E-state index is -0.272. The highest BCUT2D eigenvalue weighted by Crippen LogP contribution is 2.46. The van der Waals surface area contributed by atoms with E-state index in [-0.39, 0.29) is 17.6 Å². The molecule has 4 rings (SSSR count). The molecule has 1 aliphatic rings. The quantitative estimate of drug-likeness (QED) is 0.628. The highest BCUT2D eigenvalue weighted by atomic mass is 35.5. The second kappa shape index (κ2) is 6.04. The fraction of sp³-hybridized carbons (Fsp3) is 0.105. The van der Waals surface area contributed by atoms with Crippen molar-refractivity contribution in [2.45, 2.75) is 12.3 Å². The van der Waals surface area contributed by atoms with E-state index in [0.717, 1.165) is 27.3 Å². The van der Waals surface area contributed by atoms with Crippen LogP contribution in [-0.2, 0) is 4.79 Å². The number of carbonyl (C=O) groups is 1. The minimum absolute atomic E-state index is 0.00999. The molecular formula is C19H13ClFNOS. The molecule has 1 N–H and O–H groups in total. The van der Waals surface area contributed by atoms with Crippen LogP contribution in [0, 0.1) is 5.82 Å². The molecule has 1 aliphatic heterocycles. The average molecular weight is 358 g/mol. The Balaban J connectivity index is 1.80. The number of amides is 1. The number of hydrogen-bond donors (Lipinski definition) is 1. The predicted molar refractivity (Wildman–Crippen MR) is 96.3 cm³/mol. The summed E-state index contributed by atoms with van der Waals surface area (Å²) < 4.78 is 13.2. The first-order valence-corrected chi connectivity index (χ1v) is 8.80. The zero-order valence-corrected chi connectivity index (χ0v) is 14.1. The van der Waals surface area contributed by atoms with Gasteiger partial charge < -0.3 is 5.32 Å². The molecule has 0 saturated heterocycles. The van der Waals surface area contributed by atoms with Crippen LogP contribution >= 0.6 is 22.9 Å². The Kier molecular flexibility index (Phi) is 3.87. The lowest BCUT2D eigenvalue weighted by Crippen LogP contribution is -2.22. The number of benzene rings is 2. The van der Waals surface area contributed by atoms with Crippen molar-refractivity contribution in [3.8, 4) is 11.1 Å². The molecular weight excluding hydrogens is 345 g/mol. The Bertz CT molecular complexity index is 902. The number of anilines is 1. The monoisotopic (exact) mass is 357 g/mol. The van der Waals surface area contributed by atoms with Crippen molar-refractivity contribution in [1.29, 1.82) is 0 Å². The lowest BCUT2D eigenvalue weighted by Gasteiger charge is -2.24. The molecule has 0 saturated carbocycles. The van der Waals surface area contributed by atoms with Gasteiger partial charge in [-0.05, 0) is 35.4 Å². The third-order valence-electron chi connectivity index (χ3n) is 4.22. The standard InChI is InChI=1S/C19H13ClFNOS/c20-13-5-1-11(2-6-13)15-9-17(23)22-18-16(10-24-19(15)18)12-3-7-14(21)8-4-12/h1-8,10,15H,9H2,(H,22,23). The highest BCUT2D eigenvalue weighted by molar-refractivity contribution is 7.11. The molecule has 1 unspecified atom stereocenters. The Hall–Kier alpha value is -2.17. The van der Waals surface area contributed by atoms with Crippen LogP contribution < -0.4 is 5.32 Å². The van der Waals surface area contributed by atoms with Gasteiger partial charge in [-0.1, -0.05) is 35.9 Å². The zero-order valence-electron chi connectivity index (χ0n) is 12.6. The van der Waals surface area contributed by atoms with E-state index in [1.807, 2.05) is 29.6 Å². The predicted octanol–water partition coefficient (Wildman–Crippen LogP) is 5.68. The van der Waals surface area contributed by atoms with Crippen molar-refractivity contribution < 1.29 is 9.18 Å². The van der Waals surface area contributed by atoms with Crippen LogP contribution in [0.25, 0.3) is 11.1 Å². The summed E-state index contributed by atoms with van der Waals surface area (Å²) in [6.07, 6.45) is 0.415. The third kappa shape index (κ3) is 2.72. The van der Waals surface area contributed by atoms with Gasteiger partial charge in [0.2, 0.25) is 5.91 Å². The topological polar surface area (TPSA) is 29.1 Å². The molecule has 5 heteroatoms. The molecule has 3 aromatic rings. The molecule has 2 nitrogen and oxygen atoms in total. The second-order valence-corrected chi connectivity index (χ2v) is 7.10. The van der Waals surface area contributed by atoms with Gasteiger partial charge in [0.25, 0.3) is 0 Å². The van der Waals surface area contributed by atoms with E-state index < -0.39 is 0 Å². The molecule has 0 bridgehead atoms. The number of hydrogen-bond acceptors (Lipinski definition) is 2. The van der Waals surface area contributed by atoms with Crippen LogP contribution in [0.5, 0.6) is 0 Å². The summed E-state index contributed by atoms with van der Waals surface area (Å²) in [6.45, 7) is 0. The van der Waals surface area contributed by atoms with E-state index in [9.17, 15) is 9.18 Å². The third-order valence-corrected chi connectivity index (χ3v) is 5.57. The second-order valence-electron chi connectivity index (χ2n) is 5.75. The van der Waals surface area contributed by atoms with Gasteiger partial charge in [0.15, 0.2) is 0 Å². The number of nitrogens with one attached hydrogen (secondary N) is 1. The van der Waals surface area contributed by atoms with Crippen molar-refractivity contribution in [2.75, 3.05) is 5.32 Å². The molecule has 0 aliphatic carbocycles. The average Bonchev–Trinajstić information content (AvgIpc) is 2.99. The summed E-state index contributed by atoms with van der Waals surface area (Å²) in [5, 5.41) is 5.68. The van der Waals surface area contributed by atoms with Crippen LogP contribution in [0.2, 0.25) is 5.02 Å². The van der Waals surface area contributed by atoms with Crippen molar-refractivity contribution in [3.63, 3.8) is 0 Å². The first-order chi connectivity index (χ1) is 11.6. The van der Waals surface area contributed by atoms with Gasteiger partial charge in [0, 0.05) is 33.2 Å². The minimum Gasteiger partial charge on any atom is -0.325 e. The van der Waals surface area contributed by atoms with Crippen LogP contribution in [0.1, 0.15) is 22.8 Å². The Labute approximate surface area is 147 Å². The largest absolute Gasteiger partial charge is 0.325 e. The van der Waals surface area contributed by atoms with Gasteiger partial charge in [0.05, 0.1) is 5.69 Å². The SMILES string of the molecule is O=C1CC(c2ccc(Cl)cc2)c2scc(-c3ccc(F)cc3)c2N1. The lowest BCUT2D eigenvalue weighted by molar-refractivity contribution is -0.116. The van der Waals surface area contributed by atoms with Gasteiger partial charge in [-0.15, -0.1) is 11.3 Å². The Morgan fingerprint density at radius 1 is 1.08 bits per heavy atom. The molecule has 0 radical (unpaired) electrons. The number of halogens is 2. The number of thiophene rings is 1. The van der Waals surface area contributed by atoms with Crippen molar-refractivity contribution in [3.05, 3.63) is 75.2 Å². The normalized spacial score (nSPS) is 16.6. The maximum Gasteiger partial charge on any atom is 0.225 e. The number of carbonyl (C=O) groups excluding carboxylic acids is 1. The zero-order chi connectivity index (χ0) is 16.7. The molecule has 1 aromatic heterocycles. The van der Waals surface area contributed by atoms with Gasteiger partial charge in [-0.3, -0.25) is 4.79 Å². The summed E-state index contributed by atoms with van der Waals surface area (Å²) in [5.74, 6) is -0.264. The summed E-state index contributed by atoms with van der Waals surface area (Å²) in [5.41, 5.74) is 3.73. The van der Waals surface area contributed by atoms with E-state index in [1.54, 1.807) is 23.5 Å².